The number of nitrogens with zero attached hydrogens (tertiary/aromatic N) is 2. The highest BCUT2D eigenvalue weighted by Gasteiger charge is 2.22. The number of hydrogen-bond acceptors (Lipinski definition) is 5. The van der Waals surface area contributed by atoms with Crippen LogP contribution in [0.4, 0.5) is 14.9 Å². The van der Waals surface area contributed by atoms with Gasteiger partial charge in [-0.15, -0.1) is 0 Å². The molecule has 2 N–H and O–H groups in total. The number of ether oxygens (including phenoxy) is 1. The van der Waals surface area contributed by atoms with Crippen LogP contribution in [-0.2, 0) is 4.74 Å². The van der Waals surface area contributed by atoms with E-state index in [1.807, 2.05) is 0 Å². The summed E-state index contributed by atoms with van der Waals surface area (Å²) >= 11 is 0. The molecule has 3 rings (SSSR count). The number of aromatic nitrogens is 2. The molecular weight excluding hydrogens is 375 g/mol. The molecule has 0 spiro atoms. The monoisotopic (exact) mass is 398 g/mol. The molecule has 8 heteroatoms. The number of carbonyl (C=O) groups excluding carboxylic acids is 1. The van der Waals surface area contributed by atoms with Crippen LogP contribution >= 0.6 is 0 Å². The Bertz CT molecular complexity index is 1090. The molecule has 0 aliphatic rings. The van der Waals surface area contributed by atoms with Gasteiger partial charge in [0.25, 0.3) is 5.56 Å². The molecule has 2 aromatic carbocycles. The highest BCUT2D eigenvalue weighted by Crippen LogP contribution is 2.16. The van der Waals surface area contributed by atoms with Crippen molar-refractivity contribution in [2.75, 3.05) is 5.43 Å². The molecule has 1 atom stereocenters. The maximum absolute atomic E-state index is 13.2. The van der Waals surface area contributed by atoms with Gasteiger partial charge in [0.15, 0.2) is 5.82 Å². The van der Waals surface area contributed by atoms with Gasteiger partial charge < -0.3 is 10.1 Å². The van der Waals surface area contributed by atoms with Crippen LogP contribution in [0.1, 0.15) is 39.6 Å². The van der Waals surface area contributed by atoms with Crippen LogP contribution in [0.5, 0.6) is 0 Å². The molecule has 0 saturated heterocycles. The zero-order valence-corrected chi connectivity index (χ0v) is 16.7. The fourth-order valence-corrected chi connectivity index (χ4v) is 2.75. The molecule has 1 amide bonds. The van der Waals surface area contributed by atoms with Gasteiger partial charge in [-0.25, -0.2) is 18.8 Å². The molecule has 0 saturated carbocycles. The number of rotatable bonds is 4. The summed E-state index contributed by atoms with van der Waals surface area (Å²) in [6, 6.07) is 11.9. The van der Waals surface area contributed by atoms with Crippen molar-refractivity contribution in [1.29, 1.82) is 0 Å². The van der Waals surface area contributed by atoms with Crippen molar-refractivity contribution in [2.24, 2.45) is 0 Å². The Morgan fingerprint density at radius 2 is 1.79 bits per heavy atom. The topological polar surface area (TPSA) is 85.2 Å². The average Bonchev–Trinajstić information content (AvgIpc) is 2.64. The zero-order valence-electron chi connectivity index (χ0n) is 16.7. The number of anilines is 1. The van der Waals surface area contributed by atoms with E-state index >= 15 is 0 Å². The average molecular weight is 398 g/mol. The van der Waals surface area contributed by atoms with Gasteiger partial charge >= 0.3 is 6.09 Å². The smallest absolute Gasteiger partial charge is 0.408 e. The summed E-state index contributed by atoms with van der Waals surface area (Å²) in [6.07, 6.45) is -0.624. The molecule has 0 aliphatic carbocycles. The first kappa shape index (κ1) is 20.3. The van der Waals surface area contributed by atoms with Gasteiger partial charge in [0.1, 0.15) is 11.4 Å². The standard InChI is InChI=1S/C21H23FN4O3/c1-13(23-20(28)29-21(2,3)4)18-24-17-8-6-5-7-16(17)19(27)26(18)25-15-11-9-14(22)10-12-15/h5-13,25H,1-4H3,(H,23,28)/t13-/m0/s1. The lowest BCUT2D eigenvalue weighted by Gasteiger charge is -2.23. The van der Waals surface area contributed by atoms with Gasteiger partial charge in [-0.1, -0.05) is 12.1 Å². The summed E-state index contributed by atoms with van der Waals surface area (Å²) in [4.78, 5) is 29.8. The fraction of sp³-hybridized carbons (Fsp3) is 0.286. The van der Waals surface area contributed by atoms with Crippen molar-refractivity contribution < 1.29 is 13.9 Å². The van der Waals surface area contributed by atoms with Gasteiger partial charge in [-0.05, 0) is 64.1 Å². The van der Waals surface area contributed by atoms with E-state index in [4.69, 9.17) is 4.74 Å². The second kappa shape index (κ2) is 7.90. The maximum Gasteiger partial charge on any atom is 0.408 e. The van der Waals surface area contributed by atoms with Crippen molar-refractivity contribution >= 4 is 22.7 Å². The van der Waals surface area contributed by atoms with Crippen LogP contribution < -0.4 is 16.3 Å². The van der Waals surface area contributed by atoms with E-state index in [1.165, 1.54) is 28.9 Å². The van der Waals surface area contributed by atoms with Gasteiger partial charge in [-0.3, -0.25) is 10.2 Å². The summed E-state index contributed by atoms with van der Waals surface area (Å²) in [7, 11) is 0. The molecule has 0 unspecified atom stereocenters. The zero-order chi connectivity index (χ0) is 21.2. The molecular formula is C21H23FN4O3. The molecule has 29 heavy (non-hydrogen) atoms. The van der Waals surface area contributed by atoms with Crippen LogP contribution in [0, 0.1) is 5.82 Å². The van der Waals surface area contributed by atoms with E-state index in [0.717, 1.165) is 0 Å². The van der Waals surface area contributed by atoms with Crippen LogP contribution in [-0.4, -0.2) is 21.4 Å². The molecule has 0 fully saturated rings. The highest BCUT2D eigenvalue weighted by molar-refractivity contribution is 5.77. The molecule has 0 radical (unpaired) electrons. The number of para-hydroxylation sites is 1. The van der Waals surface area contributed by atoms with Gasteiger partial charge in [-0.2, -0.15) is 0 Å². The third-order valence-electron chi connectivity index (χ3n) is 4.01. The SMILES string of the molecule is C[C@H](NC(=O)OC(C)(C)C)c1nc2ccccc2c(=O)n1Nc1ccc(F)cc1. The number of hydrogen-bond donors (Lipinski definition) is 2. The van der Waals surface area contributed by atoms with Crippen molar-refractivity contribution in [2.45, 2.75) is 39.3 Å². The van der Waals surface area contributed by atoms with Crippen LogP contribution in [0.2, 0.25) is 0 Å². The number of halogens is 1. The Kier molecular flexibility index (Phi) is 5.54. The minimum Gasteiger partial charge on any atom is -0.444 e. The van der Waals surface area contributed by atoms with Gasteiger partial charge in [0, 0.05) is 0 Å². The number of fused-ring (bicyclic) bond motifs is 1. The maximum atomic E-state index is 13.2. The predicted molar refractivity (Wildman–Crippen MR) is 109 cm³/mol. The van der Waals surface area contributed by atoms with E-state index in [0.29, 0.717) is 16.6 Å². The van der Waals surface area contributed by atoms with Crippen LogP contribution in [0.3, 0.4) is 0 Å². The van der Waals surface area contributed by atoms with Crippen molar-refractivity contribution in [1.82, 2.24) is 15.0 Å². The van der Waals surface area contributed by atoms with E-state index in [1.54, 1.807) is 52.0 Å². The Morgan fingerprint density at radius 3 is 2.45 bits per heavy atom. The molecule has 3 aromatic rings. The first-order valence-electron chi connectivity index (χ1n) is 9.18. The summed E-state index contributed by atoms with van der Waals surface area (Å²) in [5.41, 5.74) is 2.94. The largest absolute Gasteiger partial charge is 0.444 e. The lowest BCUT2D eigenvalue weighted by molar-refractivity contribution is 0.0505. The number of nitrogens with one attached hydrogen (secondary N) is 2. The molecule has 1 aromatic heterocycles. The molecule has 1 heterocycles. The van der Waals surface area contributed by atoms with Crippen molar-refractivity contribution in [3.63, 3.8) is 0 Å². The summed E-state index contributed by atoms with van der Waals surface area (Å²) in [5, 5.41) is 3.11. The highest BCUT2D eigenvalue weighted by atomic mass is 19.1. The first-order valence-corrected chi connectivity index (χ1v) is 9.18. The molecule has 7 nitrogen and oxygen atoms in total. The minimum absolute atomic E-state index is 0.281. The quantitative estimate of drug-likeness (QED) is 0.694. The van der Waals surface area contributed by atoms with E-state index in [-0.39, 0.29) is 17.2 Å². The molecule has 152 valence electrons. The third kappa shape index (κ3) is 4.90. The van der Waals surface area contributed by atoms with E-state index < -0.39 is 17.7 Å². The number of benzene rings is 2. The molecule has 0 aliphatic heterocycles. The lowest BCUT2D eigenvalue weighted by Crippen LogP contribution is -2.38. The van der Waals surface area contributed by atoms with Crippen LogP contribution in [0.25, 0.3) is 10.9 Å². The summed E-state index contributed by atoms with van der Waals surface area (Å²) < 4.78 is 19.8. The van der Waals surface area contributed by atoms with Crippen molar-refractivity contribution in [3.05, 3.63) is 70.5 Å². The summed E-state index contributed by atoms with van der Waals surface area (Å²) in [5.74, 6) is -0.108. The number of carbonyl (C=O) groups is 1. The second-order valence-electron chi connectivity index (χ2n) is 7.61. The fourth-order valence-electron chi connectivity index (χ4n) is 2.75. The number of amides is 1. The van der Waals surface area contributed by atoms with E-state index in [9.17, 15) is 14.0 Å². The summed E-state index contributed by atoms with van der Waals surface area (Å²) in [6.45, 7) is 6.98. The Labute approximate surface area is 167 Å². The number of alkyl carbamates (subject to hydrolysis) is 1. The van der Waals surface area contributed by atoms with E-state index in [2.05, 4.69) is 15.7 Å². The Balaban J connectivity index is 2.03. The van der Waals surface area contributed by atoms with Crippen molar-refractivity contribution in [3.8, 4) is 0 Å². The first-order chi connectivity index (χ1) is 13.6. The second-order valence-corrected chi connectivity index (χ2v) is 7.61. The van der Waals surface area contributed by atoms with Crippen LogP contribution in [0.15, 0.2) is 53.3 Å². The van der Waals surface area contributed by atoms with Gasteiger partial charge in [0.2, 0.25) is 0 Å². The normalized spacial score (nSPS) is 12.4. The third-order valence-corrected chi connectivity index (χ3v) is 4.01. The minimum atomic E-state index is -0.660. The predicted octanol–water partition coefficient (Wildman–Crippen LogP) is 4.00. The Hall–Kier alpha value is -3.42. The molecule has 0 bridgehead atoms. The lowest BCUT2D eigenvalue weighted by atomic mass is 10.2. The van der Waals surface area contributed by atoms with Gasteiger partial charge in [0.05, 0.1) is 22.6 Å². The Morgan fingerprint density at radius 1 is 1.14 bits per heavy atom.